The molecule has 0 saturated carbocycles. The molecule has 0 fully saturated rings. The van der Waals surface area contributed by atoms with Gasteiger partial charge < -0.3 is 4.57 Å². The molecule has 0 unspecified atom stereocenters. The largest absolute Gasteiger partial charge is 0.309 e. The van der Waals surface area contributed by atoms with Gasteiger partial charge in [0, 0.05) is 38.2 Å². The van der Waals surface area contributed by atoms with Crippen molar-refractivity contribution in [3.05, 3.63) is 223 Å². The zero-order valence-corrected chi connectivity index (χ0v) is 40.9. The number of nitrogens with zero attached hydrogens (tertiary/aromatic N) is 5. The summed E-state index contributed by atoms with van der Waals surface area (Å²) < 4.78 is 4.69. The highest BCUT2D eigenvalue weighted by atomic mass is 15.2. The molecule has 0 radical (unpaired) electrons. The van der Waals surface area contributed by atoms with E-state index in [9.17, 15) is 0 Å². The summed E-state index contributed by atoms with van der Waals surface area (Å²) in [5, 5.41) is 4.68. The topological polar surface area (TPSA) is 48.5 Å². The van der Waals surface area contributed by atoms with Gasteiger partial charge in [-0.05, 0) is 85.5 Å². The molecular weight excluding hydrogens is 863 g/mol. The van der Waals surface area contributed by atoms with Gasteiger partial charge >= 0.3 is 0 Å². The highest BCUT2D eigenvalue weighted by Crippen LogP contribution is 2.63. The molecule has 0 saturated heterocycles. The van der Waals surface area contributed by atoms with E-state index in [-0.39, 0.29) is 16.2 Å². The summed E-state index contributed by atoms with van der Waals surface area (Å²) in [7, 11) is 0. The lowest BCUT2D eigenvalue weighted by atomic mass is 9.59. The molecule has 9 aromatic carbocycles. The van der Waals surface area contributed by atoms with Gasteiger partial charge in [-0.25, -0.2) is 4.98 Å². The summed E-state index contributed by atoms with van der Waals surface area (Å²) in [6, 6.07) is 76.3. The van der Waals surface area contributed by atoms with Crippen molar-refractivity contribution >= 4 is 43.6 Å². The van der Waals surface area contributed by atoms with Gasteiger partial charge in [-0.2, -0.15) is 9.97 Å². The van der Waals surface area contributed by atoms with Crippen molar-refractivity contribution in [2.24, 2.45) is 5.41 Å². The molecule has 342 valence electrons. The third kappa shape index (κ3) is 6.35. The van der Waals surface area contributed by atoms with Crippen LogP contribution >= 0.6 is 0 Å². The van der Waals surface area contributed by atoms with Crippen molar-refractivity contribution in [1.29, 1.82) is 0 Å². The van der Waals surface area contributed by atoms with E-state index in [4.69, 9.17) is 15.0 Å². The van der Waals surface area contributed by atoms with E-state index >= 15 is 0 Å². The Morgan fingerprint density at radius 2 is 0.775 bits per heavy atom. The molecule has 0 N–H and O–H groups in total. The second-order valence-electron chi connectivity index (χ2n) is 20.8. The highest BCUT2D eigenvalue weighted by Gasteiger charge is 2.57. The Kier molecular flexibility index (Phi) is 9.50. The molecule has 1 aliphatic carbocycles. The number of rotatable bonds is 7. The van der Waals surface area contributed by atoms with E-state index in [1.165, 1.54) is 49.7 Å². The van der Waals surface area contributed by atoms with Crippen molar-refractivity contribution in [3.8, 4) is 67.8 Å². The molecule has 0 atom stereocenters. The molecule has 12 aromatic rings. The zero-order chi connectivity index (χ0) is 48.2. The normalized spacial score (nSPS) is 14.7. The fourth-order valence-electron chi connectivity index (χ4n) is 11.9. The summed E-state index contributed by atoms with van der Waals surface area (Å²) in [5.74, 6) is 1.81. The van der Waals surface area contributed by atoms with Crippen molar-refractivity contribution in [2.45, 2.75) is 52.4 Å². The summed E-state index contributed by atoms with van der Waals surface area (Å²) in [6.45, 7) is 14.6. The molecular formula is C66H53N5. The van der Waals surface area contributed by atoms with E-state index < -0.39 is 0 Å². The lowest BCUT2D eigenvalue weighted by molar-refractivity contribution is 0.125. The monoisotopic (exact) mass is 915 g/mol. The Morgan fingerprint density at radius 1 is 0.324 bits per heavy atom. The standard InChI is InChI=1S/C66H53N5/c1-64(2)52-28-19-27-49(60(52)65(3,4)66(64,5)6)45-36-34-44(35-37-45)48-24-13-16-29-53(48)70-54-30-17-14-25-50(54)58-56(70)40-41-57-59(58)51-26-15-18-31-55(51)71(57)63-68-61(46-22-11-8-12-23-46)67-62(69-63)47-38-32-43(33-39-47)42-20-9-7-10-21-42/h7-41H,1-6H3. The molecule has 0 aliphatic heterocycles. The first kappa shape index (κ1) is 42.7. The van der Waals surface area contributed by atoms with E-state index in [0.29, 0.717) is 17.6 Å². The first-order valence-corrected chi connectivity index (χ1v) is 24.8. The minimum Gasteiger partial charge on any atom is -0.309 e. The third-order valence-corrected chi connectivity index (χ3v) is 16.7. The lowest BCUT2D eigenvalue weighted by Crippen LogP contribution is -2.42. The van der Waals surface area contributed by atoms with Crippen LogP contribution in [0.25, 0.3) is 111 Å². The average Bonchev–Trinajstić information content (AvgIpc) is 3.97. The number of benzene rings is 9. The Morgan fingerprint density at radius 3 is 1.41 bits per heavy atom. The quantitative estimate of drug-likeness (QED) is 0.160. The Hall–Kier alpha value is -8.41. The molecule has 0 spiro atoms. The molecule has 3 aromatic heterocycles. The number of para-hydroxylation sites is 3. The molecule has 13 rings (SSSR count). The van der Waals surface area contributed by atoms with Gasteiger partial charge in [-0.1, -0.05) is 224 Å². The Labute approximate surface area is 414 Å². The molecule has 0 bridgehead atoms. The van der Waals surface area contributed by atoms with Gasteiger partial charge in [-0.15, -0.1) is 0 Å². The highest BCUT2D eigenvalue weighted by molar-refractivity contribution is 6.29. The van der Waals surface area contributed by atoms with E-state index in [1.807, 2.05) is 24.3 Å². The fraction of sp³-hybridized carbons (Fsp3) is 0.136. The van der Waals surface area contributed by atoms with Crippen molar-refractivity contribution in [1.82, 2.24) is 24.1 Å². The summed E-state index contributed by atoms with van der Waals surface area (Å²) >= 11 is 0. The summed E-state index contributed by atoms with van der Waals surface area (Å²) in [4.78, 5) is 15.7. The molecule has 5 heteroatoms. The maximum Gasteiger partial charge on any atom is 0.238 e. The van der Waals surface area contributed by atoms with Crippen LogP contribution in [0.15, 0.2) is 212 Å². The van der Waals surface area contributed by atoms with Crippen LogP contribution in [0.3, 0.4) is 0 Å². The predicted molar refractivity (Wildman–Crippen MR) is 296 cm³/mol. The maximum absolute atomic E-state index is 5.31. The summed E-state index contributed by atoms with van der Waals surface area (Å²) in [5.41, 5.74) is 17.6. The predicted octanol–water partition coefficient (Wildman–Crippen LogP) is 17.0. The minimum absolute atomic E-state index is 0.00275. The smallest absolute Gasteiger partial charge is 0.238 e. The molecule has 5 nitrogen and oxygen atoms in total. The van der Waals surface area contributed by atoms with Crippen molar-refractivity contribution < 1.29 is 0 Å². The Bertz CT molecular complexity index is 4040. The number of hydrogen-bond donors (Lipinski definition) is 0. The van der Waals surface area contributed by atoms with Crippen LogP contribution in [0.2, 0.25) is 0 Å². The fourth-order valence-corrected chi connectivity index (χ4v) is 11.9. The minimum atomic E-state index is -0.00275. The first-order valence-electron chi connectivity index (χ1n) is 24.8. The van der Waals surface area contributed by atoms with Crippen LogP contribution in [0.4, 0.5) is 0 Å². The van der Waals surface area contributed by atoms with Gasteiger partial charge in [0.05, 0.1) is 27.8 Å². The zero-order valence-electron chi connectivity index (χ0n) is 40.9. The second-order valence-corrected chi connectivity index (χ2v) is 20.8. The van der Waals surface area contributed by atoms with Gasteiger partial charge in [-0.3, -0.25) is 4.57 Å². The molecule has 0 amide bonds. The van der Waals surface area contributed by atoms with Crippen molar-refractivity contribution in [2.75, 3.05) is 0 Å². The number of aromatic nitrogens is 5. The SMILES string of the molecule is CC1(C)c2cccc(-c3ccc(-c4ccccc4-n4c5ccccc5c5c6c7ccccc7n(-c7nc(-c8ccccc8)nc(-c8ccc(-c9ccccc9)cc8)n7)c6ccc54)cc3)c2C(C)(C)C1(C)C. The van der Waals surface area contributed by atoms with Crippen LogP contribution < -0.4 is 0 Å². The Balaban J connectivity index is 0.979. The number of fused-ring (bicyclic) bond motifs is 8. The van der Waals surface area contributed by atoms with Crippen molar-refractivity contribution in [3.63, 3.8) is 0 Å². The number of hydrogen-bond acceptors (Lipinski definition) is 3. The maximum atomic E-state index is 5.31. The third-order valence-electron chi connectivity index (χ3n) is 16.7. The molecule has 1 aliphatic rings. The van der Waals surface area contributed by atoms with Gasteiger partial charge in [0.15, 0.2) is 11.6 Å². The van der Waals surface area contributed by atoms with Crippen LogP contribution in [0, 0.1) is 5.41 Å². The van der Waals surface area contributed by atoms with Crippen LogP contribution in [0.1, 0.15) is 52.7 Å². The van der Waals surface area contributed by atoms with Crippen LogP contribution in [0.5, 0.6) is 0 Å². The van der Waals surface area contributed by atoms with Crippen LogP contribution in [-0.4, -0.2) is 24.1 Å². The van der Waals surface area contributed by atoms with Crippen LogP contribution in [-0.2, 0) is 10.8 Å². The lowest BCUT2D eigenvalue weighted by Gasteiger charge is -2.44. The van der Waals surface area contributed by atoms with Gasteiger partial charge in [0.25, 0.3) is 0 Å². The molecule has 3 heterocycles. The second kappa shape index (κ2) is 15.8. The van der Waals surface area contributed by atoms with Gasteiger partial charge in [0.2, 0.25) is 5.95 Å². The summed E-state index contributed by atoms with van der Waals surface area (Å²) in [6.07, 6.45) is 0. The average molecular weight is 916 g/mol. The van der Waals surface area contributed by atoms with E-state index in [2.05, 4.69) is 239 Å². The van der Waals surface area contributed by atoms with Gasteiger partial charge in [0.1, 0.15) is 0 Å². The molecule has 71 heavy (non-hydrogen) atoms. The first-order chi connectivity index (χ1) is 34.5. The van der Waals surface area contributed by atoms with E-state index in [0.717, 1.165) is 55.2 Å². The van der Waals surface area contributed by atoms with E-state index in [1.54, 1.807) is 0 Å².